The first-order valence-corrected chi connectivity index (χ1v) is 30.9. The van der Waals surface area contributed by atoms with Crippen LogP contribution in [0.25, 0.3) is 129 Å². The van der Waals surface area contributed by atoms with E-state index < -0.39 is 0 Å². The van der Waals surface area contributed by atoms with Crippen molar-refractivity contribution in [2.75, 3.05) is 0 Å². The van der Waals surface area contributed by atoms with E-state index in [4.69, 9.17) is 0 Å². The van der Waals surface area contributed by atoms with Crippen molar-refractivity contribution in [3.05, 3.63) is 209 Å². The van der Waals surface area contributed by atoms with E-state index in [2.05, 4.69) is 104 Å². The Morgan fingerprint density at radius 3 is 0.722 bits per heavy atom. The monoisotopic (exact) mass is 1170 g/mol. The summed E-state index contributed by atoms with van der Waals surface area (Å²) in [6, 6.07) is 37.3. The number of carbonyl (C=O) groups is 8. The summed E-state index contributed by atoms with van der Waals surface area (Å²) in [5, 5.41) is 25.9. The van der Waals surface area contributed by atoms with E-state index in [1.165, 1.54) is 54.2 Å². The van der Waals surface area contributed by atoms with Gasteiger partial charge in [-0.3, -0.25) is 38.4 Å². The Bertz CT molecular complexity index is 5630. The van der Waals surface area contributed by atoms with Crippen molar-refractivity contribution in [1.82, 2.24) is 0 Å². The fourth-order valence-electron chi connectivity index (χ4n) is 17.3. The number of Topliss-reactive ketones (excluding diaryl/α,β-unsaturated/α-hetero) is 8. The highest BCUT2D eigenvalue weighted by Gasteiger charge is 2.35. The first-order valence-electron chi connectivity index (χ1n) is 30.9. The number of carbonyl (C=O) groups excluding carboxylic acids is 8. The third kappa shape index (κ3) is 6.85. The maximum Gasteiger partial charge on any atom is 0.171 e. The highest BCUT2D eigenvalue weighted by atomic mass is 16.2. The molecule has 0 amide bonds. The lowest BCUT2D eigenvalue weighted by atomic mass is 9.76. The van der Waals surface area contributed by atoms with Crippen LogP contribution in [0.2, 0.25) is 0 Å². The summed E-state index contributed by atoms with van der Waals surface area (Å²) in [5.74, 6) is -0.662. The first-order chi connectivity index (χ1) is 43.1. The lowest BCUT2D eigenvalue weighted by Gasteiger charge is -2.26. The molecule has 8 nitrogen and oxygen atoms in total. The Balaban J connectivity index is 0.000000116. The van der Waals surface area contributed by atoms with Crippen molar-refractivity contribution in [2.24, 2.45) is 0 Å². The Hall–Kier alpha value is -10.4. The number of ketones is 8. The summed E-state index contributed by atoms with van der Waals surface area (Å²) in [6.45, 7) is 20.7. The molecular formula is C82H56O8. The summed E-state index contributed by atoms with van der Waals surface area (Å²) < 4.78 is 0. The second-order valence-electron chi connectivity index (χ2n) is 26.4. The van der Waals surface area contributed by atoms with Gasteiger partial charge in [-0.05, 0) is 281 Å². The lowest BCUT2D eigenvalue weighted by molar-refractivity contribution is 0.0874. The quantitative estimate of drug-likeness (QED) is 0.0832. The van der Waals surface area contributed by atoms with Crippen LogP contribution in [0.15, 0.2) is 109 Å². The standard InChI is InChI=1S/C40H24O4.C27H20O2.C15H12O2/c1-15-9-23-27(41)13-28(42)24-10-16(2)32-20-7-8-22-34-18(4)12-26-30(44)14-29(43)25-11-17(3)33(40(34)38(25)26)21-6-5-19(35(20)36(21)22)31(15)39(32)37(23)24;1-12-5-7-16-8-6-13(2)22-24-15(4)10-18-20(29)11-19(28)17-9-14(3)23(21(12)25(16)22)27(24)26(17)18;1-8-3-10-4-9(2)6-12-14(17)7-13(16)11(5-8)15(10)12/h5-12H,13-14H2,1-4H3;5-10H,11H2,1-4H3;3-6H,7H2,1-2H3. The van der Waals surface area contributed by atoms with Crippen LogP contribution in [0.3, 0.4) is 0 Å². The van der Waals surface area contributed by atoms with Crippen molar-refractivity contribution in [1.29, 1.82) is 0 Å². The van der Waals surface area contributed by atoms with Gasteiger partial charge in [0.25, 0.3) is 0 Å². The average molecular weight is 1170 g/mol. The smallest absolute Gasteiger partial charge is 0.171 e. The van der Waals surface area contributed by atoms with E-state index in [1.807, 2.05) is 74.5 Å². The molecule has 0 heterocycles. The molecule has 0 radical (unpaired) electrons. The highest BCUT2D eigenvalue weighted by molar-refractivity contribution is 6.47. The lowest BCUT2D eigenvalue weighted by Crippen LogP contribution is -2.17. The van der Waals surface area contributed by atoms with Gasteiger partial charge in [0, 0.05) is 66.1 Å². The summed E-state index contributed by atoms with van der Waals surface area (Å²) in [6.07, 6.45) is -0.176. The van der Waals surface area contributed by atoms with Gasteiger partial charge < -0.3 is 0 Å². The van der Waals surface area contributed by atoms with Crippen LogP contribution in [0.5, 0.6) is 0 Å². The van der Waals surface area contributed by atoms with Crippen LogP contribution in [0.4, 0.5) is 0 Å². The van der Waals surface area contributed by atoms with Gasteiger partial charge in [-0.25, -0.2) is 0 Å². The number of fused-ring (bicyclic) bond motifs is 6. The maximum absolute atomic E-state index is 13.1. The van der Waals surface area contributed by atoms with Crippen LogP contribution in [-0.2, 0) is 0 Å². The second-order valence-corrected chi connectivity index (χ2v) is 26.4. The summed E-state index contributed by atoms with van der Waals surface area (Å²) in [5.41, 5.74) is 16.3. The minimum atomic E-state index is -0.109. The fraction of sp³-hybridized carbons (Fsp3) is 0.171. The largest absolute Gasteiger partial charge is 0.294 e. The van der Waals surface area contributed by atoms with Crippen molar-refractivity contribution < 1.29 is 38.4 Å². The molecule has 0 unspecified atom stereocenters. The molecule has 90 heavy (non-hydrogen) atoms. The third-order valence-electron chi connectivity index (χ3n) is 20.8. The third-order valence-corrected chi connectivity index (χ3v) is 20.8. The molecule has 0 aromatic heterocycles. The van der Waals surface area contributed by atoms with E-state index >= 15 is 0 Å². The van der Waals surface area contributed by atoms with Gasteiger partial charge in [0.05, 0.1) is 25.7 Å². The Morgan fingerprint density at radius 1 is 0.189 bits per heavy atom. The van der Waals surface area contributed by atoms with Crippen molar-refractivity contribution in [2.45, 2.75) is 94.9 Å². The van der Waals surface area contributed by atoms with Gasteiger partial charge in [0.2, 0.25) is 0 Å². The number of aryl methyl sites for hydroxylation is 10. The van der Waals surface area contributed by atoms with Gasteiger partial charge in [0.1, 0.15) is 0 Å². The maximum atomic E-state index is 13.1. The van der Waals surface area contributed by atoms with Gasteiger partial charge in [-0.2, -0.15) is 0 Å². The zero-order valence-electron chi connectivity index (χ0n) is 51.5. The molecule has 15 aromatic rings. The summed E-state index contributed by atoms with van der Waals surface area (Å²) >= 11 is 0. The van der Waals surface area contributed by atoms with Crippen LogP contribution in [-0.4, -0.2) is 46.3 Å². The van der Waals surface area contributed by atoms with Gasteiger partial charge in [0.15, 0.2) is 46.3 Å². The molecule has 0 saturated carbocycles. The number of hydrogen-bond acceptors (Lipinski definition) is 8. The molecule has 0 N–H and O–H groups in total. The zero-order chi connectivity index (χ0) is 62.4. The molecule has 8 heteroatoms. The normalized spacial score (nSPS) is 14.8. The zero-order valence-corrected chi connectivity index (χ0v) is 51.5. The van der Waals surface area contributed by atoms with Crippen molar-refractivity contribution in [3.63, 3.8) is 0 Å². The number of hydrogen-bond donors (Lipinski definition) is 0. The molecule has 0 saturated heterocycles. The van der Waals surface area contributed by atoms with Gasteiger partial charge in [-0.1, -0.05) is 60.7 Å². The van der Waals surface area contributed by atoms with Crippen LogP contribution >= 0.6 is 0 Å². The molecule has 432 valence electrons. The minimum absolute atomic E-state index is 0.00894. The van der Waals surface area contributed by atoms with E-state index in [-0.39, 0.29) is 71.9 Å². The van der Waals surface area contributed by atoms with Crippen molar-refractivity contribution >= 4 is 176 Å². The molecule has 4 aliphatic carbocycles. The summed E-state index contributed by atoms with van der Waals surface area (Å²) in [7, 11) is 0. The van der Waals surface area contributed by atoms with Crippen molar-refractivity contribution in [3.8, 4) is 0 Å². The SMILES string of the molecule is Cc1cc2c3c(cc(C)c4c5ccc6c7c(C)cc8c9c(cc(C)c(c%10ccc(c1c34)c5c%106)c97)C(=O)CC8=O)C(=O)CC2=O.Cc1cc2c3c(cc(C)cc3c1)C(=O)CC2=O.Cc1ccc2ccc(C)c3c4c(C)cc5c6c(cc(C)c(c1c23)c64)C(=O)CC5=O. The van der Waals surface area contributed by atoms with Crippen LogP contribution in [0, 0.1) is 69.2 Å². The Kier molecular flexibility index (Phi) is 10.8. The van der Waals surface area contributed by atoms with Gasteiger partial charge >= 0.3 is 0 Å². The van der Waals surface area contributed by atoms with Crippen LogP contribution in [0.1, 0.15) is 164 Å². The molecule has 0 bridgehead atoms. The van der Waals surface area contributed by atoms with Crippen LogP contribution < -0.4 is 0 Å². The first kappa shape index (κ1) is 53.8. The second kappa shape index (κ2) is 18.1. The molecule has 19 rings (SSSR count). The molecular weight excluding hydrogens is 1110 g/mol. The number of benzene rings is 15. The molecule has 4 aliphatic rings. The molecule has 0 fully saturated rings. The predicted molar refractivity (Wildman–Crippen MR) is 363 cm³/mol. The predicted octanol–water partition coefficient (Wildman–Crippen LogP) is 19.4. The number of rotatable bonds is 0. The Labute approximate surface area is 515 Å². The molecule has 15 aromatic carbocycles. The van der Waals surface area contributed by atoms with E-state index in [0.717, 1.165) is 131 Å². The molecule has 0 atom stereocenters. The molecule has 0 spiro atoms. The topological polar surface area (TPSA) is 137 Å². The van der Waals surface area contributed by atoms with E-state index in [9.17, 15) is 38.4 Å². The molecule has 0 aliphatic heterocycles. The summed E-state index contributed by atoms with van der Waals surface area (Å²) in [4.78, 5) is 102. The Morgan fingerprint density at radius 2 is 0.433 bits per heavy atom. The van der Waals surface area contributed by atoms with Gasteiger partial charge in [-0.15, -0.1) is 0 Å². The average Bonchev–Trinajstić information content (AvgIpc) is 0.685. The van der Waals surface area contributed by atoms with E-state index in [0.29, 0.717) is 44.5 Å². The highest BCUT2D eigenvalue weighted by Crippen LogP contribution is 2.54. The minimum Gasteiger partial charge on any atom is -0.294 e. The van der Waals surface area contributed by atoms with E-state index in [1.54, 1.807) is 0 Å². The fourth-order valence-corrected chi connectivity index (χ4v) is 17.3.